The zero-order valence-corrected chi connectivity index (χ0v) is 22.4. The van der Waals surface area contributed by atoms with E-state index < -0.39 is 29.2 Å². The molecule has 0 radical (unpaired) electrons. The van der Waals surface area contributed by atoms with E-state index in [1.54, 1.807) is 59.5 Å². The van der Waals surface area contributed by atoms with Gasteiger partial charge in [0.15, 0.2) is 0 Å². The summed E-state index contributed by atoms with van der Waals surface area (Å²) in [6.07, 6.45) is 0.563. The first-order valence-electron chi connectivity index (χ1n) is 12.5. The molecule has 7 nitrogen and oxygen atoms in total. The molecule has 6 rings (SSSR count). The van der Waals surface area contributed by atoms with Gasteiger partial charge in [-0.15, -0.1) is 0 Å². The predicted octanol–water partition coefficient (Wildman–Crippen LogP) is 4.87. The Bertz CT molecular complexity index is 1510. The average molecular weight is 568 g/mol. The summed E-state index contributed by atoms with van der Waals surface area (Å²) in [5.41, 5.74) is 1.22. The van der Waals surface area contributed by atoms with Gasteiger partial charge in [0, 0.05) is 41.3 Å². The third kappa shape index (κ3) is 4.01. The number of rotatable bonds is 4. The summed E-state index contributed by atoms with van der Waals surface area (Å²) in [6, 6.07) is 16.3. The van der Waals surface area contributed by atoms with Crippen molar-refractivity contribution in [2.24, 2.45) is 5.92 Å². The van der Waals surface area contributed by atoms with Gasteiger partial charge in [0.25, 0.3) is 0 Å². The molecule has 3 heterocycles. The van der Waals surface area contributed by atoms with Gasteiger partial charge in [-0.1, -0.05) is 53.5 Å². The topological polar surface area (TPSA) is 87.7 Å². The van der Waals surface area contributed by atoms with Crippen LogP contribution in [0.15, 0.2) is 60.7 Å². The highest BCUT2D eigenvalue weighted by Crippen LogP contribution is 2.56. The summed E-state index contributed by atoms with van der Waals surface area (Å²) in [5.74, 6) is -3.23. The number of hydrogen-bond acceptors (Lipinski definition) is 5. The number of nitrogens with zero attached hydrogens (tertiary/aromatic N) is 1. The number of piperidine rings is 1. The summed E-state index contributed by atoms with van der Waals surface area (Å²) in [5, 5.41) is 6.74. The zero-order chi connectivity index (χ0) is 27.5. The van der Waals surface area contributed by atoms with Gasteiger partial charge in [-0.3, -0.25) is 14.9 Å². The monoisotopic (exact) mass is 567 g/mol. The first-order chi connectivity index (χ1) is 18.7. The van der Waals surface area contributed by atoms with Crippen molar-refractivity contribution in [1.29, 1.82) is 0 Å². The molecule has 0 aromatic heterocycles. The molecule has 2 fully saturated rings. The molecule has 200 valence electrons. The van der Waals surface area contributed by atoms with Crippen molar-refractivity contribution in [2.75, 3.05) is 19.0 Å². The predicted molar refractivity (Wildman–Crippen MR) is 144 cm³/mol. The van der Waals surface area contributed by atoms with Crippen LogP contribution in [-0.2, 0) is 26.4 Å². The summed E-state index contributed by atoms with van der Waals surface area (Å²) < 4.78 is 20.4. The lowest BCUT2D eigenvalue weighted by Gasteiger charge is -2.37. The van der Waals surface area contributed by atoms with Gasteiger partial charge in [-0.05, 0) is 47.9 Å². The Hall–Kier alpha value is -3.46. The SMILES string of the molecule is COC(=O)c1ccc(CN2CC[C@@H]3N[C@@]4(C(=O)Nc5cc(Cl)ccc54)[C@@H](c4cccc(Cl)c4F)[C@@H]3C2=O)cc1. The van der Waals surface area contributed by atoms with Crippen molar-refractivity contribution < 1.29 is 23.5 Å². The van der Waals surface area contributed by atoms with Crippen LogP contribution in [0, 0.1) is 11.7 Å². The van der Waals surface area contributed by atoms with E-state index in [4.69, 9.17) is 27.9 Å². The fourth-order valence-electron chi connectivity index (χ4n) is 6.34. The lowest BCUT2D eigenvalue weighted by atomic mass is 9.70. The molecule has 3 aliphatic rings. The van der Waals surface area contributed by atoms with Crippen LogP contribution < -0.4 is 10.6 Å². The second-order valence-electron chi connectivity index (χ2n) is 10.1. The van der Waals surface area contributed by atoms with Crippen LogP contribution in [-0.4, -0.2) is 42.4 Å². The van der Waals surface area contributed by atoms with Gasteiger partial charge in [-0.25, -0.2) is 9.18 Å². The molecule has 0 aliphatic carbocycles. The van der Waals surface area contributed by atoms with E-state index in [0.29, 0.717) is 41.3 Å². The first kappa shape index (κ1) is 25.8. The van der Waals surface area contributed by atoms with E-state index >= 15 is 4.39 Å². The number of methoxy groups -OCH3 is 1. The second kappa shape index (κ2) is 9.62. The van der Waals surface area contributed by atoms with E-state index in [1.165, 1.54) is 13.2 Å². The fourth-order valence-corrected chi connectivity index (χ4v) is 6.70. The number of nitrogens with one attached hydrogen (secondary N) is 2. The van der Waals surface area contributed by atoms with Gasteiger partial charge in [-0.2, -0.15) is 0 Å². The van der Waals surface area contributed by atoms with Crippen molar-refractivity contribution in [2.45, 2.75) is 30.5 Å². The van der Waals surface area contributed by atoms with Gasteiger partial charge in [0.2, 0.25) is 11.8 Å². The molecule has 4 atom stereocenters. The molecule has 3 aliphatic heterocycles. The Morgan fingerprint density at radius 1 is 1.13 bits per heavy atom. The summed E-state index contributed by atoms with van der Waals surface area (Å²) in [6.45, 7) is 0.751. The van der Waals surface area contributed by atoms with E-state index in [0.717, 1.165) is 5.56 Å². The molecule has 0 unspecified atom stereocenters. The lowest BCUT2D eigenvalue weighted by molar-refractivity contribution is -0.140. The Morgan fingerprint density at radius 3 is 2.64 bits per heavy atom. The maximum Gasteiger partial charge on any atom is 0.337 e. The molecule has 3 aromatic rings. The van der Waals surface area contributed by atoms with Crippen LogP contribution in [0.2, 0.25) is 10.0 Å². The quantitative estimate of drug-likeness (QED) is 0.439. The fraction of sp³-hybridized carbons (Fsp3) is 0.276. The third-order valence-electron chi connectivity index (χ3n) is 8.06. The van der Waals surface area contributed by atoms with E-state index in [1.807, 2.05) is 0 Å². The van der Waals surface area contributed by atoms with Crippen LogP contribution in [0.5, 0.6) is 0 Å². The number of esters is 1. The molecule has 10 heteroatoms. The normalized spacial score (nSPS) is 25.4. The zero-order valence-electron chi connectivity index (χ0n) is 20.8. The number of hydrogen-bond donors (Lipinski definition) is 2. The number of benzene rings is 3. The number of likely N-dealkylation sites (tertiary alicyclic amines) is 1. The number of ether oxygens (including phenoxy) is 1. The van der Waals surface area contributed by atoms with Gasteiger partial charge in [0.1, 0.15) is 11.4 Å². The molecule has 2 N–H and O–H groups in total. The standard InChI is InChI=1S/C29H24Cl2FN3O4/c1-39-27(37)16-7-5-15(6-8-16)14-35-12-11-21-23(26(35)36)24(18-3-2-4-20(31)25(18)32)29(34-21)19-10-9-17(30)13-22(19)33-28(29)38/h2-10,13,21,23-24,34H,11-12,14H2,1H3,(H,33,38)/t21-,23+,24-,29+/m0/s1. The molecule has 3 aromatic carbocycles. The summed E-state index contributed by atoms with van der Waals surface area (Å²) >= 11 is 12.4. The highest BCUT2D eigenvalue weighted by Gasteiger charge is 2.65. The summed E-state index contributed by atoms with van der Waals surface area (Å²) in [4.78, 5) is 41.4. The molecule has 0 saturated carbocycles. The maximum atomic E-state index is 15.6. The number of anilines is 1. The highest BCUT2D eigenvalue weighted by molar-refractivity contribution is 6.31. The average Bonchev–Trinajstić information content (AvgIpc) is 3.41. The maximum absolute atomic E-state index is 15.6. The second-order valence-corrected chi connectivity index (χ2v) is 10.9. The van der Waals surface area contributed by atoms with Gasteiger partial charge >= 0.3 is 5.97 Å². The number of amides is 2. The van der Waals surface area contributed by atoms with Crippen molar-refractivity contribution in [3.63, 3.8) is 0 Å². The minimum Gasteiger partial charge on any atom is -0.465 e. The Morgan fingerprint density at radius 2 is 1.90 bits per heavy atom. The molecular formula is C29H24Cl2FN3O4. The summed E-state index contributed by atoms with van der Waals surface area (Å²) in [7, 11) is 1.32. The largest absolute Gasteiger partial charge is 0.465 e. The van der Waals surface area contributed by atoms with Crippen molar-refractivity contribution in [3.05, 3.63) is 98.8 Å². The molecular weight excluding hydrogens is 544 g/mol. The minimum atomic E-state index is -1.38. The molecule has 0 bridgehead atoms. The molecule has 1 spiro atoms. The highest BCUT2D eigenvalue weighted by atomic mass is 35.5. The number of fused-ring (bicyclic) bond motifs is 3. The Labute approximate surface area is 234 Å². The van der Waals surface area contributed by atoms with Crippen LogP contribution in [0.1, 0.15) is 39.4 Å². The van der Waals surface area contributed by atoms with Crippen molar-refractivity contribution in [1.82, 2.24) is 10.2 Å². The van der Waals surface area contributed by atoms with Crippen LogP contribution in [0.25, 0.3) is 0 Å². The Balaban J connectivity index is 1.41. The van der Waals surface area contributed by atoms with Gasteiger partial charge < -0.3 is 15.0 Å². The van der Waals surface area contributed by atoms with Crippen molar-refractivity contribution in [3.8, 4) is 0 Å². The third-order valence-corrected chi connectivity index (χ3v) is 8.58. The van der Waals surface area contributed by atoms with Crippen LogP contribution in [0.3, 0.4) is 0 Å². The number of halogens is 3. The van der Waals surface area contributed by atoms with E-state index in [-0.39, 0.29) is 28.4 Å². The van der Waals surface area contributed by atoms with Gasteiger partial charge in [0.05, 0.1) is 23.6 Å². The molecule has 2 amide bonds. The van der Waals surface area contributed by atoms with Crippen molar-refractivity contribution >= 4 is 46.7 Å². The molecule has 2 saturated heterocycles. The number of carbonyl (C=O) groups is 3. The first-order valence-corrected chi connectivity index (χ1v) is 13.3. The lowest BCUT2D eigenvalue weighted by Crippen LogP contribution is -2.50. The van der Waals surface area contributed by atoms with E-state index in [2.05, 4.69) is 10.6 Å². The van der Waals surface area contributed by atoms with Crippen LogP contribution in [0.4, 0.5) is 10.1 Å². The smallest absolute Gasteiger partial charge is 0.337 e. The van der Waals surface area contributed by atoms with Crippen LogP contribution >= 0.6 is 23.2 Å². The number of carbonyl (C=O) groups excluding carboxylic acids is 3. The Kier molecular flexibility index (Phi) is 6.37. The van der Waals surface area contributed by atoms with E-state index in [9.17, 15) is 14.4 Å². The minimum absolute atomic E-state index is 0.0772. The molecule has 39 heavy (non-hydrogen) atoms.